The Morgan fingerprint density at radius 1 is 0.941 bits per heavy atom. The second-order valence-electron chi connectivity index (χ2n) is 7.68. The van der Waals surface area contributed by atoms with E-state index >= 15 is 0 Å². The summed E-state index contributed by atoms with van der Waals surface area (Å²) >= 11 is 1.12. The molecule has 0 bridgehead atoms. The van der Waals surface area contributed by atoms with E-state index in [1.807, 2.05) is 73.7 Å². The van der Waals surface area contributed by atoms with Gasteiger partial charge in [-0.25, -0.2) is 9.78 Å². The zero-order valence-corrected chi connectivity index (χ0v) is 19.4. The summed E-state index contributed by atoms with van der Waals surface area (Å²) in [6.07, 6.45) is 0. The summed E-state index contributed by atoms with van der Waals surface area (Å²) in [6, 6.07) is 25.3. The number of amides is 3. The van der Waals surface area contributed by atoms with Crippen LogP contribution in [0.25, 0.3) is 10.9 Å². The molecule has 7 nitrogen and oxygen atoms in total. The second kappa shape index (κ2) is 10.8. The molecule has 0 saturated carbocycles. The lowest BCUT2D eigenvalue weighted by Gasteiger charge is -2.20. The highest BCUT2D eigenvalue weighted by atomic mass is 32.2. The average Bonchev–Trinajstić information content (AvgIpc) is 2.87. The van der Waals surface area contributed by atoms with Crippen molar-refractivity contribution < 1.29 is 9.59 Å². The number of rotatable bonds is 7. The van der Waals surface area contributed by atoms with Gasteiger partial charge in [0.1, 0.15) is 0 Å². The Hall–Kier alpha value is -3.91. The molecule has 0 spiro atoms. The zero-order valence-electron chi connectivity index (χ0n) is 18.6. The first-order chi connectivity index (χ1) is 16.5. The van der Waals surface area contributed by atoms with Gasteiger partial charge in [0, 0.05) is 6.54 Å². The van der Waals surface area contributed by atoms with Crippen molar-refractivity contribution in [2.24, 2.45) is 0 Å². The first kappa shape index (κ1) is 23.3. The van der Waals surface area contributed by atoms with Crippen LogP contribution in [0.4, 0.5) is 4.79 Å². The smallest absolute Gasteiger partial charge is 0.321 e. The van der Waals surface area contributed by atoms with Crippen LogP contribution in [0.2, 0.25) is 0 Å². The van der Waals surface area contributed by atoms with Crippen LogP contribution in [0.3, 0.4) is 0 Å². The molecular weight excluding hydrogens is 448 g/mol. The molecule has 2 N–H and O–H groups in total. The summed E-state index contributed by atoms with van der Waals surface area (Å²) in [4.78, 5) is 42.5. The van der Waals surface area contributed by atoms with E-state index < -0.39 is 11.9 Å². The number of nitrogens with one attached hydrogen (secondary N) is 2. The number of thioether (sulfide) groups is 1. The minimum Gasteiger partial charge on any atom is -0.334 e. The summed E-state index contributed by atoms with van der Waals surface area (Å²) in [5, 5.41) is 5.92. The molecule has 1 aromatic heterocycles. The maximum atomic E-state index is 13.4. The molecule has 34 heavy (non-hydrogen) atoms. The summed E-state index contributed by atoms with van der Waals surface area (Å²) in [5.74, 6) is -0.540. The molecular formula is C26H24N4O3S. The van der Waals surface area contributed by atoms with Gasteiger partial charge in [-0.2, -0.15) is 0 Å². The molecule has 8 heteroatoms. The predicted octanol–water partition coefficient (Wildman–Crippen LogP) is 4.12. The highest BCUT2D eigenvalue weighted by Gasteiger charge is 2.19. The number of hydrogen-bond acceptors (Lipinski definition) is 5. The van der Waals surface area contributed by atoms with Crippen LogP contribution in [0.15, 0.2) is 94.9 Å². The Morgan fingerprint density at radius 2 is 1.59 bits per heavy atom. The fourth-order valence-electron chi connectivity index (χ4n) is 3.56. The van der Waals surface area contributed by atoms with E-state index in [-0.39, 0.29) is 17.4 Å². The Morgan fingerprint density at radius 3 is 2.32 bits per heavy atom. The molecule has 0 aliphatic rings. The third-order valence-electron chi connectivity index (χ3n) is 5.33. The number of carbonyl (C=O) groups is 2. The van der Waals surface area contributed by atoms with Crippen LogP contribution in [0.5, 0.6) is 0 Å². The molecule has 3 amide bonds. The van der Waals surface area contributed by atoms with Crippen LogP contribution < -0.4 is 16.2 Å². The lowest BCUT2D eigenvalue weighted by Crippen LogP contribution is -2.40. The number of fused-ring (bicyclic) bond motifs is 1. The van der Waals surface area contributed by atoms with Gasteiger partial charge in [-0.3, -0.25) is 19.5 Å². The molecule has 1 atom stereocenters. The Balaban J connectivity index is 1.50. The molecule has 0 fully saturated rings. The van der Waals surface area contributed by atoms with Gasteiger partial charge < -0.3 is 5.32 Å². The number of carbonyl (C=O) groups excluding carboxylic acids is 2. The minimum absolute atomic E-state index is 0.0644. The molecule has 0 radical (unpaired) electrons. The molecule has 0 saturated heterocycles. The first-order valence-electron chi connectivity index (χ1n) is 10.8. The standard InChI is InChI=1S/C26H24N4O3S/c1-18(20-12-6-3-7-13-20)30-24(32)21-14-8-9-15-22(21)28-26(30)34-17-23(31)29-25(33)27-16-19-10-4-2-5-11-19/h2-15,18H,16-17H2,1H3,(H2,27,29,31,33)/t18-/m0/s1. The van der Waals surface area contributed by atoms with E-state index in [1.165, 1.54) is 0 Å². The van der Waals surface area contributed by atoms with Gasteiger partial charge in [-0.15, -0.1) is 0 Å². The molecule has 1 heterocycles. The lowest BCUT2D eigenvalue weighted by atomic mass is 10.1. The predicted molar refractivity (Wildman–Crippen MR) is 134 cm³/mol. The van der Waals surface area contributed by atoms with Gasteiger partial charge in [0.25, 0.3) is 5.56 Å². The highest BCUT2D eigenvalue weighted by molar-refractivity contribution is 7.99. The number of urea groups is 1. The van der Waals surface area contributed by atoms with Gasteiger partial charge in [-0.1, -0.05) is 84.6 Å². The van der Waals surface area contributed by atoms with Gasteiger partial charge in [0.15, 0.2) is 5.16 Å². The summed E-state index contributed by atoms with van der Waals surface area (Å²) in [7, 11) is 0. The summed E-state index contributed by atoms with van der Waals surface area (Å²) in [5.41, 5.74) is 2.27. The SMILES string of the molecule is C[C@@H](c1ccccc1)n1c(SCC(=O)NC(=O)NCc2ccccc2)nc2ccccc2c1=O. The fourth-order valence-corrected chi connectivity index (χ4v) is 4.44. The van der Waals surface area contributed by atoms with Crippen LogP contribution in [0, 0.1) is 0 Å². The van der Waals surface area contributed by atoms with Gasteiger partial charge in [-0.05, 0) is 30.2 Å². The van der Waals surface area contributed by atoms with E-state index in [1.54, 1.807) is 22.8 Å². The molecule has 172 valence electrons. The maximum absolute atomic E-state index is 13.4. The largest absolute Gasteiger partial charge is 0.334 e. The minimum atomic E-state index is -0.573. The maximum Gasteiger partial charge on any atom is 0.321 e. The van der Waals surface area contributed by atoms with E-state index in [0.717, 1.165) is 22.9 Å². The van der Waals surface area contributed by atoms with Crippen LogP contribution >= 0.6 is 11.8 Å². The zero-order chi connectivity index (χ0) is 23.9. The quantitative estimate of drug-likeness (QED) is 0.312. The van der Waals surface area contributed by atoms with Gasteiger partial charge >= 0.3 is 6.03 Å². The molecule has 0 unspecified atom stereocenters. The van der Waals surface area contributed by atoms with Crippen molar-refractivity contribution in [2.45, 2.75) is 24.7 Å². The molecule has 3 aromatic carbocycles. The van der Waals surface area contributed by atoms with Crippen molar-refractivity contribution in [3.63, 3.8) is 0 Å². The number of aromatic nitrogens is 2. The second-order valence-corrected chi connectivity index (χ2v) is 8.62. The van der Waals surface area contributed by atoms with E-state index in [4.69, 9.17) is 0 Å². The van der Waals surface area contributed by atoms with Crippen LogP contribution in [0.1, 0.15) is 24.1 Å². The number of hydrogen-bond donors (Lipinski definition) is 2. The number of para-hydroxylation sites is 1. The third kappa shape index (κ3) is 5.52. The van der Waals surface area contributed by atoms with E-state index in [9.17, 15) is 14.4 Å². The summed E-state index contributed by atoms with van der Waals surface area (Å²) < 4.78 is 1.60. The van der Waals surface area contributed by atoms with Crippen molar-refractivity contribution >= 4 is 34.6 Å². The van der Waals surface area contributed by atoms with Crippen molar-refractivity contribution in [1.29, 1.82) is 0 Å². The van der Waals surface area contributed by atoms with Gasteiger partial charge in [0.05, 0.1) is 22.7 Å². The Labute approximate surface area is 201 Å². The van der Waals surface area contributed by atoms with Crippen LogP contribution in [-0.4, -0.2) is 27.2 Å². The topological polar surface area (TPSA) is 93.1 Å². The molecule has 0 aliphatic heterocycles. The highest BCUT2D eigenvalue weighted by Crippen LogP contribution is 2.24. The third-order valence-corrected chi connectivity index (χ3v) is 6.28. The molecule has 4 rings (SSSR count). The van der Waals surface area contributed by atoms with Gasteiger partial charge in [0.2, 0.25) is 5.91 Å². The van der Waals surface area contributed by atoms with Crippen molar-refractivity contribution in [3.8, 4) is 0 Å². The number of imide groups is 1. The molecule has 4 aromatic rings. The molecule has 0 aliphatic carbocycles. The Kier molecular flexibility index (Phi) is 7.39. The van der Waals surface area contributed by atoms with Crippen LogP contribution in [-0.2, 0) is 11.3 Å². The van der Waals surface area contributed by atoms with Crippen molar-refractivity contribution in [2.75, 3.05) is 5.75 Å². The average molecular weight is 473 g/mol. The van der Waals surface area contributed by atoms with Crippen molar-refractivity contribution in [3.05, 3.63) is 106 Å². The van der Waals surface area contributed by atoms with Crippen molar-refractivity contribution in [1.82, 2.24) is 20.2 Å². The summed E-state index contributed by atoms with van der Waals surface area (Å²) in [6.45, 7) is 2.24. The first-order valence-corrected chi connectivity index (χ1v) is 11.8. The number of benzene rings is 3. The fraction of sp³-hybridized carbons (Fsp3) is 0.154. The monoisotopic (exact) mass is 472 g/mol. The normalized spacial score (nSPS) is 11.7. The van der Waals surface area contributed by atoms with E-state index in [2.05, 4.69) is 15.6 Å². The lowest BCUT2D eigenvalue weighted by molar-refractivity contribution is -0.117. The van der Waals surface area contributed by atoms with E-state index in [0.29, 0.717) is 22.6 Å². The Bertz CT molecular complexity index is 1360. The number of nitrogens with zero attached hydrogens (tertiary/aromatic N) is 2.